The fraction of sp³-hybridized carbons (Fsp3) is 0.500. The van der Waals surface area contributed by atoms with Crippen molar-refractivity contribution in [3.05, 3.63) is 18.2 Å². The molecule has 0 amide bonds. The molecular formula is C12H18N2OS. The van der Waals surface area contributed by atoms with Crippen molar-refractivity contribution in [3.8, 4) is 5.75 Å². The van der Waals surface area contributed by atoms with E-state index < -0.39 is 0 Å². The predicted molar refractivity (Wildman–Crippen MR) is 68.9 cm³/mol. The van der Waals surface area contributed by atoms with Crippen LogP contribution in [-0.2, 0) is 0 Å². The number of hydrogen-bond acceptors (Lipinski definition) is 4. The maximum Gasteiger partial charge on any atom is 0.134 e. The molecule has 0 spiro atoms. The first-order chi connectivity index (χ1) is 7.70. The Bertz CT molecular complexity index is 370. The normalized spacial score (nSPS) is 24.6. The summed E-state index contributed by atoms with van der Waals surface area (Å²) in [6, 6.07) is 6.10. The van der Waals surface area contributed by atoms with Crippen LogP contribution in [-0.4, -0.2) is 18.4 Å². The van der Waals surface area contributed by atoms with E-state index in [4.69, 9.17) is 16.2 Å². The van der Waals surface area contributed by atoms with Gasteiger partial charge in [-0.15, -0.1) is 11.8 Å². The zero-order chi connectivity index (χ0) is 11.5. The summed E-state index contributed by atoms with van der Waals surface area (Å²) in [5.74, 6) is 0.851. The molecule has 88 valence electrons. The molecule has 3 nitrogen and oxygen atoms in total. The molecule has 1 aromatic rings. The van der Waals surface area contributed by atoms with E-state index in [9.17, 15) is 0 Å². The summed E-state index contributed by atoms with van der Waals surface area (Å²) in [5, 5.41) is 0.512. The highest BCUT2D eigenvalue weighted by molar-refractivity contribution is 8.00. The molecule has 2 atom stereocenters. The Labute approximate surface area is 101 Å². The lowest BCUT2D eigenvalue weighted by molar-refractivity contribution is 0.405. The fourth-order valence-corrected chi connectivity index (χ4v) is 3.37. The lowest BCUT2D eigenvalue weighted by atomic mass is 10.3. The molecule has 0 bridgehead atoms. The van der Waals surface area contributed by atoms with E-state index in [1.165, 1.54) is 12.8 Å². The van der Waals surface area contributed by atoms with Crippen LogP contribution in [0.4, 0.5) is 5.69 Å². The Kier molecular flexibility index (Phi) is 3.61. The second-order valence-electron chi connectivity index (χ2n) is 4.16. The van der Waals surface area contributed by atoms with Crippen LogP contribution >= 0.6 is 11.8 Å². The van der Waals surface area contributed by atoms with Gasteiger partial charge < -0.3 is 16.2 Å². The predicted octanol–water partition coefficient (Wildman–Crippen LogP) is 2.25. The van der Waals surface area contributed by atoms with Crippen LogP contribution in [0.5, 0.6) is 5.75 Å². The fourth-order valence-electron chi connectivity index (χ4n) is 2.05. The van der Waals surface area contributed by atoms with Gasteiger partial charge in [0.05, 0.1) is 7.11 Å². The van der Waals surface area contributed by atoms with Gasteiger partial charge in [-0.3, -0.25) is 0 Å². The van der Waals surface area contributed by atoms with Gasteiger partial charge >= 0.3 is 0 Å². The zero-order valence-electron chi connectivity index (χ0n) is 9.48. The molecule has 1 aliphatic rings. The number of hydrogen-bond donors (Lipinski definition) is 2. The van der Waals surface area contributed by atoms with Crippen LogP contribution in [0.2, 0.25) is 0 Å². The van der Waals surface area contributed by atoms with Gasteiger partial charge in [-0.1, -0.05) is 6.42 Å². The van der Waals surface area contributed by atoms with Gasteiger partial charge in [0.1, 0.15) is 5.75 Å². The minimum Gasteiger partial charge on any atom is -0.496 e. The number of nitrogen functional groups attached to an aromatic ring is 1. The molecule has 16 heavy (non-hydrogen) atoms. The van der Waals surface area contributed by atoms with Crippen LogP contribution in [0, 0.1) is 0 Å². The number of methoxy groups -OCH3 is 1. The highest BCUT2D eigenvalue weighted by Gasteiger charge is 2.25. The third kappa shape index (κ3) is 2.44. The van der Waals surface area contributed by atoms with E-state index in [-0.39, 0.29) is 0 Å². The average molecular weight is 238 g/mol. The molecule has 2 unspecified atom stereocenters. The second-order valence-corrected chi connectivity index (χ2v) is 5.44. The molecule has 0 radical (unpaired) electrons. The molecule has 0 heterocycles. The summed E-state index contributed by atoms with van der Waals surface area (Å²) in [6.07, 6.45) is 3.56. The Morgan fingerprint density at radius 2 is 2.19 bits per heavy atom. The molecule has 4 heteroatoms. The lowest BCUT2D eigenvalue weighted by Crippen LogP contribution is -2.26. The maximum absolute atomic E-state index is 6.06. The number of benzene rings is 1. The SMILES string of the molecule is COc1cc(N)ccc1SC1CCCC1N. The zero-order valence-corrected chi connectivity index (χ0v) is 10.3. The van der Waals surface area contributed by atoms with Crippen LogP contribution in [0.25, 0.3) is 0 Å². The minimum absolute atomic E-state index is 0.312. The van der Waals surface area contributed by atoms with Crippen molar-refractivity contribution in [2.75, 3.05) is 12.8 Å². The molecule has 4 N–H and O–H groups in total. The van der Waals surface area contributed by atoms with Gasteiger partial charge in [-0.25, -0.2) is 0 Å². The monoisotopic (exact) mass is 238 g/mol. The van der Waals surface area contributed by atoms with Crippen molar-refractivity contribution < 1.29 is 4.74 Å². The molecule has 0 aromatic heterocycles. The van der Waals surface area contributed by atoms with E-state index in [2.05, 4.69) is 0 Å². The van der Waals surface area contributed by atoms with E-state index in [1.54, 1.807) is 7.11 Å². The third-order valence-electron chi connectivity index (χ3n) is 2.97. The number of anilines is 1. The van der Waals surface area contributed by atoms with Gasteiger partial charge in [0.2, 0.25) is 0 Å². The minimum atomic E-state index is 0.312. The van der Waals surface area contributed by atoms with Crippen molar-refractivity contribution in [2.45, 2.75) is 35.4 Å². The van der Waals surface area contributed by atoms with E-state index in [0.29, 0.717) is 11.3 Å². The van der Waals surface area contributed by atoms with Crippen LogP contribution in [0.15, 0.2) is 23.1 Å². The highest BCUT2D eigenvalue weighted by atomic mass is 32.2. The summed E-state index contributed by atoms with van der Waals surface area (Å²) in [5.41, 5.74) is 12.5. The molecule has 1 aromatic carbocycles. The molecule has 2 rings (SSSR count). The first kappa shape index (κ1) is 11.6. The Morgan fingerprint density at radius 1 is 1.38 bits per heavy atom. The summed E-state index contributed by atoms with van der Waals surface area (Å²) in [4.78, 5) is 1.14. The molecule has 1 saturated carbocycles. The quantitative estimate of drug-likeness (QED) is 0.793. The number of rotatable bonds is 3. The van der Waals surface area contributed by atoms with Crippen molar-refractivity contribution in [1.82, 2.24) is 0 Å². The number of nitrogens with two attached hydrogens (primary N) is 2. The number of ether oxygens (including phenoxy) is 1. The van der Waals surface area contributed by atoms with Crippen molar-refractivity contribution in [1.29, 1.82) is 0 Å². The topological polar surface area (TPSA) is 61.3 Å². The van der Waals surface area contributed by atoms with E-state index in [1.807, 2.05) is 30.0 Å². The van der Waals surface area contributed by atoms with Crippen molar-refractivity contribution in [3.63, 3.8) is 0 Å². The lowest BCUT2D eigenvalue weighted by Gasteiger charge is -2.16. The standard InChI is InChI=1S/C12H18N2OS/c1-15-10-7-8(13)5-6-12(10)16-11-4-2-3-9(11)14/h5-7,9,11H,2-4,13-14H2,1H3. The van der Waals surface area contributed by atoms with Crippen LogP contribution < -0.4 is 16.2 Å². The molecule has 0 saturated heterocycles. The Balaban J connectivity index is 2.14. The first-order valence-electron chi connectivity index (χ1n) is 5.56. The van der Waals surface area contributed by atoms with Gasteiger partial charge in [0.25, 0.3) is 0 Å². The summed E-state index contributed by atoms with van der Waals surface area (Å²) in [7, 11) is 1.67. The molecule has 1 aliphatic carbocycles. The van der Waals surface area contributed by atoms with Gasteiger partial charge in [-0.05, 0) is 25.0 Å². The first-order valence-corrected chi connectivity index (χ1v) is 6.44. The van der Waals surface area contributed by atoms with Crippen molar-refractivity contribution >= 4 is 17.4 Å². The second kappa shape index (κ2) is 4.97. The summed E-state index contributed by atoms with van der Waals surface area (Å²) in [6.45, 7) is 0. The largest absolute Gasteiger partial charge is 0.496 e. The molecular weight excluding hydrogens is 220 g/mol. The molecule has 0 aliphatic heterocycles. The Hall–Kier alpha value is -0.870. The smallest absolute Gasteiger partial charge is 0.134 e. The van der Waals surface area contributed by atoms with Gasteiger partial charge in [-0.2, -0.15) is 0 Å². The van der Waals surface area contributed by atoms with Gasteiger partial charge in [0, 0.05) is 27.9 Å². The third-order valence-corrected chi connectivity index (χ3v) is 4.45. The Morgan fingerprint density at radius 3 is 2.81 bits per heavy atom. The number of thioether (sulfide) groups is 1. The summed E-state index contributed by atoms with van der Waals surface area (Å²) >= 11 is 1.81. The van der Waals surface area contributed by atoms with E-state index in [0.717, 1.165) is 22.8 Å². The highest BCUT2D eigenvalue weighted by Crippen LogP contribution is 2.39. The van der Waals surface area contributed by atoms with Gasteiger partial charge in [0.15, 0.2) is 0 Å². The van der Waals surface area contributed by atoms with Crippen LogP contribution in [0.3, 0.4) is 0 Å². The average Bonchev–Trinajstić information content (AvgIpc) is 2.67. The summed E-state index contributed by atoms with van der Waals surface area (Å²) < 4.78 is 5.33. The maximum atomic E-state index is 6.06. The van der Waals surface area contributed by atoms with Crippen molar-refractivity contribution in [2.24, 2.45) is 5.73 Å². The van der Waals surface area contributed by atoms with E-state index >= 15 is 0 Å². The molecule has 1 fully saturated rings. The van der Waals surface area contributed by atoms with Crippen LogP contribution in [0.1, 0.15) is 19.3 Å².